The van der Waals surface area contributed by atoms with Gasteiger partial charge in [0.15, 0.2) is 0 Å². The molecule has 0 aliphatic rings. The van der Waals surface area contributed by atoms with E-state index in [0.717, 1.165) is 13.0 Å². The summed E-state index contributed by atoms with van der Waals surface area (Å²) in [6, 6.07) is 21.8. The van der Waals surface area contributed by atoms with E-state index >= 15 is 0 Å². The molecule has 0 heterocycles. The van der Waals surface area contributed by atoms with Crippen LogP contribution in [0.25, 0.3) is 10.8 Å². The Balaban J connectivity index is 1.81. The molecule has 0 amide bonds. The van der Waals surface area contributed by atoms with Crippen molar-refractivity contribution in [3.63, 3.8) is 0 Å². The van der Waals surface area contributed by atoms with Crippen molar-refractivity contribution < 1.29 is 0 Å². The second-order valence-electron chi connectivity index (χ2n) is 7.59. The molecule has 0 unspecified atom stereocenters. The third-order valence-corrected chi connectivity index (χ3v) is 5.06. The van der Waals surface area contributed by atoms with E-state index in [1.165, 1.54) is 33.0 Å². The van der Waals surface area contributed by atoms with E-state index in [1.807, 2.05) is 0 Å². The van der Waals surface area contributed by atoms with Crippen LogP contribution in [0.2, 0.25) is 0 Å². The van der Waals surface area contributed by atoms with Crippen molar-refractivity contribution in [3.05, 3.63) is 82.9 Å². The Morgan fingerprint density at radius 1 is 0.769 bits per heavy atom. The van der Waals surface area contributed by atoms with Crippen LogP contribution in [0.4, 0.5) is 0 Å². The summed E-state index contributed by atoms with van der Waals surface area (Å²) < 4.78 is 0. The summed E-state index contributed by atoms with van der Waals surface area (Å²) in [5, 5.41) is 2.62. The normalized spacial score (nSPS) is 11.9. The van der Waals surface area contributed by atoms with Gasteiger partial charge >= 0.3 is 0 Å². The molecule has 0 aliphatic carbocycles. The van der Waals surface area contributed by atoms with Gasteiger partial charge in [-0.2, -0.15) is 0 Å². The van der Waals surface area contributed by atoms with Crippen LogP contribution in [0.1, 0.15) is 61.8 Å². The predicted octanol–water partition coefficient (Wildman–Crippen LogP) is 6.90. The summed E-state index contributed by atoms with van der Waals surface area (Å²) in [7, 11) is 0. The van der Waals surface area contributed by atoms with Crippen molar-refractivity contribution in [1.82, 2.24) is 0 Å². The van der Waals surface area contributed by atoms with Gasteiger partial charge in [0.05, 0.1) is 6.54 Å². The lowest BCUT2D eigenvalue weighted by Gasteiger charge is -2.18. The van der Waals surface area contributed by atoms with Crippen LogP contribution in [-0.4, -0.2) is 6.21 Å². The SMILES string of the molecule is CC(C)c1cccc(C(C)C)c1CN=CCc1cccc2ccccc12. The van der Waals surface area contributed by atoms with E-state index in [2.05, 4.69) is 94.6 Å². The molecule has 0 aromatic heterocycles. The molecule has 134 valence electrons. The van der Waals surface area contributed by atoms with Gasteiger partial charge in [0, 0.05) is 12.6 Å². The third-order valence-electron chi connectivity index (χ3n) is 5.06. The largest absolute Gasteiger partial charge is 0.292 e. The first-order chi connectivity index (χ1) is 12.6. The maximum atomic E-state index is 4.80. The summed E-state index contributed by atoms with van der Waals surface area (Å²) in [6.07, 6.45) is 2.96. The van der Waals surface area contributed by atoms with Crippen molar-refractivity contribution >= 4 is 17.0 Å². The molecule has 3 rings (SSSR count). The molecule has 0 N–H and O–H groups in total. The van der Waals surface area contributed by atoms with Gasteiger partial charge in [0.1, 0.15) is 0 Å². The molecule has 0 aliphatic heterocycles. The van der Waals surface area contributed by atoms with Crippen molar-refractivity contribution in [2.24, 2.45) is 4.99 Å². The molecule has 0 spiro atoms. The molecular weight excluding hydrogens is 314 g/mol. The summed E-state index contributed by atoms with van der Waals surface area (Å²) in [6.45, 7) is 9.84. The minimum atomic E-state index is 0.525. The van der Waals surface area contributed by atoms with E-state index in [-0.39, 0.29) is 0 Å². The first-order valence-electron chi connectivity index (χ1n) is 9.64. The Hall–Kier alpha value is -2.41. The molecular formula is C25H29N. The Kier molecular flexibility index (Phi) is 5.88. The number of aliphatic imine (C=N–C) groups is 1. The molecule has 3 aromatic carbocycles. The zero-order valence-electron chi connectivity index (χ0n) is 16.4. The van der Waals surface area contributed by atoms with Crippen LogP contribution in [0, 0.1) is 0 Å². The fourth-order valence-corrected chi connectivity index (χ4v) is 3.68. The van der Waals surface area contributed by atoms with Crippen LogP contribution in [0.15, 0.2) is 65.7 Å². The zero-order valence-corrected chi connectivity index (χ0v) is 16.4. The van der Waals surface area contributed by atoms with Gasteiger partial charge in [0.25, 0.3) is 0 Å². The van der Waals surface area contributed by atoms with E-state index in [1.54, 1.807) is 0 Å². The molecule has 0 saturated carbocycles. The molecule has 0 bridgehead atoms. The minimum Gasteiger partial charge on any atom is -0.292 e. The van der Waals surface area contributed by atoms with Crippen LogP contribution >= 0.6 is 0 Å². The number of hydrogen-bond donors (Lipinski definition) is 0. The van der Waals surface area contributed by atoms with Gasteiger partial charge in [-0.05, 0) is 44.9 Å². The highest BCUT2D eigenvalue weighted by molar-refractivity contribution is 5.87. The zero-order chi connectivity index (χ0) is 18.5. The number of fused-ring (bicyclic) bond motifs is 1. The fraction of sp³-hybridized carbons (Fsp3) is 0.320. The predicted molar refractivity (Wildman–Crippen MR) is 114 cm³/mol. The van der Waals surface area contributed by atoms with Crippen LogP contribution in [0.5, 0.6) is 0 Å². The lowest BCUT2D eigenvalue weighted by Crippen LogP contribution is -2.03. The average Bonchev–Trinajstić information content (AvgIpc) is 2.65. The molecule has 0 saturated heterocycles. The van der Waals surface area contributed by atoms with Crippen molar-refractivity contribution in [2.75, 3.05) is 0 Å². The number of rotatable bonds is 6. The molecule has 0 atom stereocenters. The number of nitrogens with zero attached hydrogens (tertiary/aromatic N) is 1. The van der Waals surface area contributed by atoms with Gasteiger partial charge in [-0.3, -0.25) is 4.99 Å². The summed E-state index contributed by atoms with van der Waals surface area (Å²) >= 11 is 0. The molecule has 1 nitrogen and oxygen atoms in total. The molecule has 1 heteroatoms. The van der Waals surface area contributed by atoms with Gasteiger partial charge < -0.3 is 0 Å². The quantitative estimate of drug-likeness (QED) is 0.432. The van der Waals surface area contributed by atoms with Gasteiger partial charge in [0.2, 0.25) is 0 Å². The molecule has 26 heavy (non-hydrogen) atoms. The van der Waals surface area contributed by atoms with E-state index in [9.17, 15) is 0 Å². The van der Waals surface area contributed by atoms with Gasteiger partial charge in [-0.15, -0.1) is 0 Å². The van der Waals surface area contributed by atoms with Crippen molar-refractivity contribution in [3.8, 4) is 0 Å². The van der Waals surface area contributed by atoms with E-state index in [0.29, 0.717) is 11.8 Å². The highest BCUT2D eigenvalue weighted by Gasteiger charge is 2.12. The second-order valence-corrected chi connectivity index (χ2v) is 7.59. The van der Waals surface area contributed by atoms with E-state index in [4.69, 9.17) is 4.99 Å². The highest BCUT2D eigenvalue weighted by Crippen LogP contribution is 2.28. The Morgan fingerprint density at radius 2 is 1.38 bits per heavy atom. The molecule has 0 radical (unpaired) electrons. The molecule has 3 aromatic rings. The lowest BCUT2D eigenvalue weighted by molar-refractivity contribution is 0.795. The van der Waals surface area contributed by atoms with Crippen molar-refractivity contribution in [2.45, 2.75) is 52.5 Å². The third kappa shape index (κ3) is 4.04. The van der Waals surface area contributed by atoms with Gasteiger partial charge in [-0.25, -0.2) is 0 Å². The second kappa shape index (κ2) is 8.31. The lowest BCUT2D eigenvalue weighted by atomic mass is 9.89. The summed E-state index contributed by atoms with van der Waals surface area (Å²) in [4.78, 5) is 4.80. The van der Waals surface area contributed by atoms with Crippen molar-refractivity contribution in [1.29, 1.82) is 0 Å². The number of hydrogen-bond acceptors (Lipinski definition) is 1. The number of benzene rings is 3. The maximum Gasteiger partial charge on any atom is 0.0641 e. The standard InChI is InChI=1S/C25H29N/c1-18(2)22-13-8-14-23(19(3)4)25(22)17-26-16-15-21-11-7-10-20-9-5-6-12-24(20)21/h5-14,16,18-19H,15,17H2,1-4H3. The summed E-state index contributed by atoms with van der Waals surface area (Å²) in [5.41, 5.74) is 5.61. The van der Waals surface area contributed by atoms with Gasteiger partial charge in [-0.1, -0.05) is 88.4 Å². The smallest absolute Gasteiger partial charge is 0.0641 e. The monoisotopic (exact) mass is 343 g/mol. The highest BCUT2D eigenvalue weighted by atomic mass is 14.7. The summed E-state index contributed by atoms with van der Waals surface area (Å²) in [5.74, 6) is 1.05. The van der Waals surface area contributed by atoms with Crippen LogP contribution in [0.3, 0.4) is 0 Å². The molecule has 0 fully saturated rings. The van der Waals surface area contributed by atoms with E-state index < -0.39 is 0 Å². The Labute approximate surface area is 157 Å². The Bertz CT molecular complexity index is 871. The van der Waals surface area contributed by atoms with Crippen LogP contribution < -0.4 is 0 Å². The first-order valence-corrected chi connectivity index (χ1v) is 9.64. The first kappa shape index (κ1) is 18.4. The maximum absolute atomic E-state index is 4.80. The minimum absolute atomic E-state index is 0.525. The van der Waals surface area contributed by atoms with Crippen LogP contribution in [-0.2, 0) is 13.0 Å². The Morgan fingerprint density at radius 3 is 2.08 bits per heavy atom. The fourth-order valence-electron chi connectivity index (χ4n) is 3.68. The average molecular weight is 344 g/mol. The topological polar surface area (TPSA) is 12.4 Å².